The van der Waals surface area contributed by atoms with Crippen molar-refractivity contribution in [3.63, 3.8) is 0 Å². The molecule has 0 spiro atoms. The van der Waals surface area contributed by atoms with E-state index in [0.717, 1.165) is 31.4 Å². The van der Waals surface area contributed by atoms with Gasteiger partial charge in [0.1, 0.15) is 5.82 Å². The topological polar surface area (TPSA) is 83.7 Å². The molecule has 1 aliphatic carbocycles. The van der Waals surface area contributed by atoms with Crippen LogP contribution < -0.4 is 5.73 Å². The molecule has 1 saturated carbocycles. The van der Waals surface area contributed by atoms with Gasteiger partial charge in [0.2, 0.25) is 15.9 Å². The molecule has 3 rings (SSSR count). The van der Waals surface area contributed by atoms with Crippen molar-refractivity contribution >= 4 is 15.9 Å². The van der Waals surface area contributed by atoms with Gasteiger partial charge < -0.3 is 10.6 Å². The van der Waals surface area contributed by atoms with Crippen molar-refractivity contribution < 1.29 is 17.6 Å². The maximum atomic E-state index is 13.0. The SMILES string of the molecule is NC1CCCC(C(=O)N2CCN(S(=O)(=O)c3ccc(F)cc3)CC2)C1. The average molecular weight is 369 g/mol. The van der Waals surface area contributed by atoms with Gasteiger partial charge >= 0.3 is 0 Å². The van der Waals surface area contributed by atoms with E-state index in [9.17, 15) is 17.6 Å². The monoisotopic (exact) mass is 369 g/mol. The third-order valence-corrected chi connectivity index (χ3v) is 6.98. The number of benzene rings is 1. The number of halogens is 1. The molecule has 1 aromatic rings. The van der Waals surface area contributed by atoms with Gasteiger partial charge in [-0.05, 0) is 43.5 Å². The highest BCUT2D eigenvalue weighted by Gasteiger charge is 2.34. The highest BCUT2D eigenvalue weighted by molar-refractivity contribution is 7.89. The largest absolute Gasteiger partial charge is 0.340 e. The minimum atomic E-state index is -3.65. The van der Waals surface area contributed by atoms with Gasteiger partial charge in [-0.3, -0.25) is 4.79 Å². The summed E-state index contributed by atoms with van der Waals surface area (Å²) in [6, 6.07) is 4.90. The van der Waals surface area contributed by atoms with E-state index in [1.165, 1.54) is 16.4 Å². The Kier molecular flexibility index (Phi) is 5.41. The van der Waals surface area contributed by atoms with Crippen molar-refractivity contribution in [3.05, 3.63) is 30.1 Å². The van der Waals surface area contributed by atoms with Crippen LogP contribution in [0.5, 0.6) is 0 Å². The Hall–Kier alpha value is -1.51. The van der Waals surface area contributed by atoms with Crippen LogP contribution in [-0.2, 0) is 14.8 Å². The van der Waals surface area contributed by atoms with Gasteiger partial charge in [-0.25, -0.2) is 12.8 Å². The number of carbonyl (C=O) groups is 1. The smallest absolute Gasteiger partial charge is 0.243 e. The van der Waals surface area contributed by atoms with Crippen LogP contribution in [0.1, 0.15) is 25.7 Å². The molecule has 1 aromatic carbocycles. The van der Waals surface area contributed by atoms with Gasteiger partial charge in [0.05, 0.1) is 4.90 Å². The first-order valence-electron chi connectivity index (χ1n) is 8.68. The molecule has 0 bridgehead atoms. The lowest BCUT2D eigenvalue weighted by atomic mass is 9.85. The van der Waals surface area contributed by atoms with Crippen molar-refractivity contribution in [1.82, 2.24) is 9.21 Å². The number of sulfonamides is 1. The first-order valence-corrected chi connectivity index (χ1v) is 10.1. The van der Waals surface area contributed by atoms with Gasteiger partial charge in [-0.15, -0.1) is 0 Å². The maximum Gasteiger partial charge on any atom is 0.243 e. The number of rotatable bonds is 3. The third kappa shape index (κ3) is 4.02. The van der Waals surface area contributed by atoms with Crippen molar-refractivity contribution in [3.8, 4) is 0 Å². The van der Waals surface area contributed by atoms with E-state index in [0.29, 0.717) is 19.5 Å². The predicted octanol–water partition coefficient (Wildman–Crippen LogP) is 1.18. The van der Waals surface area contributed by atoms with E-state index in [1.54, 1.807) is 4.90 Å². The number of nitrogens with two attached hydrogens (primary N) is 1. The minimum Gasteiger partial charge on any atom is -0.340 e. The first kappa shape index (κ1) is 18.3. The van der Waals surface area contributed by atoms with Crippen LogP contribution in [0.3, 0.4) is 0 Å². The summed E-state index contributed by atoms with van der Waals surface area (Å²) in [5.74, 6) is -0.418. The Balaban J connectivity index is 1.61. The Morgan fingerprint density at radius 2 is 1.72 bits per heavy atom. The molecule has 2 fully saturated rings. The number of hydrogen-bond acceptors (Lipinski definition) is 4. The van der Waals surface area contributed by atoms with Crippen LogP contribution in [0.15, 0.2) is 29.2 Å². The van der Waals surface area contributed by atoms with Gasteiger partial charge in [0.15, 0.2) is 0 Å². The summed E-state index contributed by atoms with van der Waals surface area (Å²) < 4.78 is 39.6. The minimum absolute atomic E-state index is 0.0380. The normalized spacial score (nSPS) is 25.8. The fraction of sp³-hybridized carbons (Fsp3) is 0.588. The highest BCUT2D eigenvalue weighted by atomic mass is 32.2. The number of amides is 1. The van der Waals surface area contributed by atoms with E-state index < -0.39 is 15.8 Å². The highest BCUT2D eigenvalue weighted by Crippen LogP contribution is 2.26. The summed E-state index contributed by atoms with van der Waals surface area (Å²) >= 11 is 0. The number of hydrogen-bond donors (Lipinski definition) is 1. The quantitative estimate of drug-likeness (QED) is 0.867. The summed E-state index contributed by atoms with van der Waals surface area (Å²) in [7, 11) is -3.65. The third-order valence-electron chi connectivity index (χ3n) is 5.07. The molecule has 1 aliphatic heterocycles. The van der Waals surface area contributed by atoms with Gasteiger partial charge in [0, 0.05) is 38.1 Å². The van der Waals surface area contributed by atoms with Crippen LogP contribution >= 0.6 is 0 Å². The van der Waals surface area contributed by atoms with E-state index >= 15 is 0 Å². The molecule has 0 radical (unpaired) electrons. The van der Waals surface area contributed by atoms with Gasteiger partial charge in [0.25, 0.3) is 0 Å². The Bertz CT molecular complexity index is 715. The molecule has 0 aromatic heterocycles. The summed E-state index contributed by atoms with van der Waals surface area (Å²) in [5, 5.41) is 0. The second kappa shape index (κ2) is 7.39. The van der Waals surface area contributed by atoms with E-state index in [-0.39, 0.29) is 35.9 Å². The van der Waals surface area contributed by atoms with Crippen molar-refractivity contribution in [2.75, 3.05) is 26.2 Å². The maximum absolute atomic E-state index is 13.0. The first-order chi connectivity index (χ1) is 11.9. The Morgan fingerprint density at radius 1 is 1.08 bits per heavy atom. The van der Waals surface area contributed by atoms with Crippen LogP contribution in [-0.4, -0.2) is 55.8 Å². The molecular weight excluding hydrogens is 345 g/mol. The van der Waals surface area contributed by atoms with Crippen LogP contribution in [0.25, 0.3) is 0 Å². The molecule has 2 N–H and O–H groups in total. The molecular formula is C17H24FN3O3S. The second-order valence-corrected chi connectivity index (χ2v) is 8.74. The molecule has 2 unspecified atom stereocenters. The number of nitrogens with zero attached hydrogens (tertiary/aromatic N) is 2. The lowest BCUT2D eigenvalue weighted by Gasteiger charge is -2.37. The molecule has 1 heterocycles. The average Bonchev–Trinajstić information content (AvgIpc) is 2.61. The molecule has 8 heteroatoms. The molecule has 6 nitrogen and oxygen atoms in total. The summed E-state index contributed by atoms with van der Waals surface area (Å²) in [5.41, 5.74) is 5.96. The van der Waals surface area contributed by atoms with E-state index in [4.69, 9.17) is 5.73 Å². The zero-order valence-corrected chi connectivity index (χ0v) is 14.9. The lowest BCUT2D eigenvalue weighted by Crippen LogP contribution is -2.52. The standard InChI is InChI=1S/C17H24FN3O3S/c18-14-4-6-16(7-5-14)25(23,24)21-10-8-20(9-11-21)17(22)13-2-1-3-15(19)12-13/h4-7,13,15H,1-3,8-12,19H2. The summed E-state index contributed by atoms with van der Waals surface area (Å²) in [4.78, 5) is 14.4. The zero-order chi connectivity index (χ0) is 18.0. The molecule has 25 heavy (non-hydrogen) atoms. The fourth-order valence-corrected chi connectivity index (χ4v) is 5.04. The summed E-state index contributed by atoms with van der Waals surface area (Å²) in [6.07, 6.45) is 3.51. The van der Waals surface area contributed by atoms with Crippen LogP contribution in [0, 0.1) is 11.7 Å². The van der Waals surface area contributed by atoms with Gasteiger partial charge in [-0.1, -0.05) is 6.42 Å². The van der Waals surface area contributed by atoms with Crippen molar-refractivity contribution in [1.29, 1.82) is 0 Å². The zero-order valence-electron chi connectivity index (χ0n) is 14.1. The van der Waals surface area contributed by atoms with Crippen molar-refractivity contribution in [2.24, 2.45) is 11.7 Å². The van der Waals surface area contributed by atoms with Crippen LogP contribution in [0.4, 0.5) is 4.39 Å². The van der Waals surface area contributed by atoms with Crippen LogP contribution in [0.2, 0.25) is 0 Å². The fourth-order valence-electron chi connectivity index (χ4n) is 3.61. The molecule has 2 atom stereocenters. The molecule has 1 saturated heterocycles. The number of piperazine rings is 1. The van der Waals surface area contributed by atoms with Gasteiger partial charge in [-0.2, -0.15) is 4.31 Å². The summed E-state index contributed by atoms with van der Waals surface area (Å²) in [6.45, 7) is 1.27. The van der Waals surface area contributed by atoms with E-state index in [2.05, 4.69) is 0 Å². The molecule has 1 amide bonds. The lowest BCUT2D eigenvalue weighted by molar-refractivity contribution is -0.137. The Morgan fingerprint density at radius 3 is 2.32 bits per heavy atom. The van der Waals surface area contributed by atoms with Crippen molar-refractivity contribution in [2.45, 2.75) is 36.6 Å². The second-order valence-electron chi connectivity index (χ2n) is 6.81. The molecule has 2 aliphatic rings. The van der Waals surface area contributed by atoms with E-state index in [1.807, 2.05) is 0 Å². The molecule has 138 valence electrons. The predicted molar refractivity (Wildman–Crippen MR) is 91.7 cm³/mol. The number of carbonyl (C=O) groups excluding carboxylic acids is 1. The Labute approximate surface area is 147 Å².